The number of carbonyl (C=O) groups excluding carboxylic acids is 1. The molecular formula is C12H18N4O3. The monoisotopic (exact) mass is 266 g/mol. The SMILES string of the molecule is O=C(C1CCCO1)N1CCc2nnc(CO)n2CC1. The molecule has 1 amide bonds. The van der Waals surface area contributed by atoms with E-state index in [1.165, 1.54) is 0 Å². The Hall–Kier alpha value is -1.47. The van der Waals surface area contributed by atoms with Gasteiger partial charge in [0.2, 0.25) is 0 Å². The summed E-state index contributed by atoms with van der Waals surface area (Å²) in [7, 11) is 0. The quantitative estimate of drug-likeness (QED) is 0.768. The molecular weight excluding hydrogens is 248 g/mol. The maximum absolute atomic E-state index is 12.3. The molecule has 0 radical (unpaired) electrons. The van der Waals surface area contributed by atoms with Crippen LogP contribution in [0, 0.1) is 0 Å². The first-order chi connectivity index (χ1) is 9.29. The van der Waals surface area contributed by atoms with E-state index in [1.807, 2.05) is 9.47 Å². The van der Waals surface area contributed by atoms with E-state index in [0.717, 1.165) is 18.7 Å². The Kier molecular flexibility index (Phi) is 3.48. The van der Waals surface area contributed by atoms with Gasteiger partial charge >= 0.3 is 0 Å². The second-order valence-corrected chi connectivity index (χ2v) is 4.92. The average molecular weight is 266 g/mol. The highest BCUT2D eigenvalue weighted by molar-refractivity contribution is 5.81. The van der Waals surface area contributed by atoms with Crippen molar-refractivity contribution in [2.24, 2.45) is 0 Å². The van der Waals surface area contributed by atoms with E-state index in [9.17, 15) is 9.90 Å². The summed E-state index contributed by atoms with van der Waals surface area (Å²) in [5.74, 6) is 1.50. The van der Waals surface area contributed by atoms with Crippen LogP contribution in [0.4, 0.5) is 0 Å². The number of carbonyl (C=O) groups is 1. The van der Waals surface area contributed by atoms with Crippen molar-refractivity contribution >= 4 is 5.91 Å². The third-order valence-corrected chi connectivity index (χ3v) is 3.76. The molecule has 1 aromatic heterocycles. The number of nitrogens with zero attached hydrogens (tertiary/aromatic N) is 4. The van der Waals surface area contributed by atoms with Gasteiger partial charge in [0.15, 0.2) is 5.82 Å². The number of rotatable bonds is 2. The number of ether oxygens (including phenoxy) is 1. The normalized spacial score (nSPS) is 23.2. The summed E-state index contributed by atoms with van der Waals surface area (Å²) in [5.41, 5.74) is 0. The zero-order valence-corrected chi connectivity index (χ0v) is 10.8. The predicted octanol–water partition coefficient (Wildman–Crippen LogP) is -0.666. The fourth-order valence-electron chi connectivity index (χ4n) is 2.70. The second-order valence-electron chi connectivity index (χ2n) is 4.92. The molecule has 2 aliphatic rings. The largest absolute Gasteiger partial charge is 0.388 e. The van der Waals surface area contributed by atoms with E-state index >= 15 is 0 Å². The molecule has 1 saturated heterocycles. The van der Waals surface area contributed by atoms with Crippen LogP contribution in [-0.2, 0) is 29.1 Å². The minimum absolute atomic E-state index is 0.0850. The summed E-state index contributed by atoms with van der Waals surface area (Å²) < 4.78 is 7.35. The van der Waals surface area contributed by atoms with Crippen molar-refractivity contribution in [2.45, 2.75) is 38.5 Å². The number of fused-ring (bicyclic) bond motifs is 1. The lowest BCUT2D eigenvalue weighted by molar-refractivity contribution is -0.140. The lowest BCUT2D eigenvalue weighted by Gasteiger charge is -2.23. The standard InChI is InChI=1S/C12H18N4O3/c17-8-11-14-13-10-3-4-15(5-6-16(10)11)12(18)9-2-1-7-19-9/h9,17H,1-8H2. The first kappa shape index (κ1) is 12.6. The lowest BCUT2D eigenvalue weighted by atomic mass is 10.2. The molecule has 0 spiro atoms. The van der Waals surface area contributed by atoms with Crippen molar-refractivity contribution in [3.8, 4) is 0 Å². The molecule has 19 heavy (non-hydrogen) atoms. The van der Waals surface area contributed by atoms with Crippen LogP contribution in [0.2, 0.25) is 0 Å². The number of aromatic nitrogens is 3. The van der Waals surface area contributed by atoms with E-state index in [0.29, 0.717) is 38.5 Å². The highest BCUT2D eigenvalue weighted by Gasteiger charge is 2.29. The first-order valence-electron chi connectivity index (χ1n) is 6.72. The van der Waals surface area contributed by atoms with Crippen LogP contribution < -0.4 is 0 Å². The summed E-state index contributed by atoms with van der Waals surface area (Å²) >= 11 is 0. The van der Waals surface area contributed by atoms with Crippen LogP contribution in [-0.4, -0.2) is 56.5 Å². The van der Waals surface area contributed by atoms with Crippen molar-refractivity contribution in [2.75, 3.05) is 19.7 Å². The molecule has 0 saturated carbocycles. The van der Waals surface area contributed by atoms with Gasteiger partial charge in [-0.05, 0) is 12.8 Å². The van der Waals surface area contributed by atoms with Gasteiger partial charge in [-0.3, -0.25) is 4.79 Å². The van der Waals surface area contributed by atoms with E-state index < -0.39 is 0 Å². The summed E-state index contributed by atoms with van der Waals surface area (Å²) in [6.07, 6.45) is 2.19. The molecule has 1 aromatic rings. The van der Waals surface area contributed by atoms with Gasteiger partial charge in [-0.1, -0.05) is 0 Å². The van der Waals surface area contributed by atoms with Gasteiger partial charge in [-0.2, -0.15) is 0 Å². The number of amides is 1. The maximum atomic E-state index is 12.3. The minimum atomic E-state index is -0.263. The Morgan fingerprint density at radius 1 is 1.37 bits per heavy atom. The van der Waals surface area contributed by atoms with Gasteiger partial charge < -0.3 is 19.3 Å². The van der Waals surface area contributed by atoms with Gasteiger partial charge in [0, 0.05) is 32.7 Å². The zero-order valence-electron chi connectivity index (χ0n) is 10.8. The van der Waals surface area contributed by atoms with Gasteiger partial charge in [-0.15, -0.1) is 10.2 Å². The summed E-state index contributed by atoms with van der Waals surface area (Å²) in [6.45, 7) is 2.47. The van der Waals surface area contributed by atoms with Gasteiger partial charge in [-0.25, -0.2) is 0 Å². The van der Waals surface area contributed by atoms with Crippen LogP contribution >= 0.6 is 0 Å². The van der Waals surface area contributed by atoms with Gasteiger partial charge in [0.05, 0.1) is 0 Å². The van der Waals surface area contributed by atoms with Crippen LogP contribution in [0.5, 0.6) is 0 Å². The zero-order chi connectivity index (χ0) is 13.2. The molecule has 3 heterocycles. The molecule has 1 N–H and O–H groups in total. The second kappa shape index (κ2) is 5.26. The van der Waals surface area contributed by atoms with Crippen molar-refractivity contribution in [1.29, 1.82) is 0 Å². The van der Waals surface area contributed by atoms with Crippen LogP contribution in [0.25, 0.3) is 0 Å². The minimum Gasteiger partial charge on any atom is -0.388 e. The van der Waals surface area contributed by atoms with E-state index in [4.69, 9.17) is 4.74 Å². The molecule has 1 unspecified atom stereocenters. The number of hydrogen-bond donors (Lipinski definition) is 1. The number of hydrogen-bond acceptors (Lipinski definition) is 5. The van der Waals surface area contributed by atoms with Crippen molar-refractivity contribution in [1.82, 2.24) is 19.7 Å². The van der Waals surface area contributed by atoms with E-state index in [-0.39, 0.29) is 18.6 Å². The molecule has 1 atom stereocenters. The smallest absolute Gasteiger partial charge is 0.251 e. The molecule has 104 valence electrons. The first-order valence-corrected chi connectivity index (χ1v) is 6.72. The topological polar surface area (TPSA) is 80.5 Å². The highest BCUT2D eigenvalue weighted by atomic mass is 16.5. The Morgan fingerprint density at radius 2 is 2.26 bits per heavy atom. The lowest BCUT2D eigenvalue weighted by Crippen LogP contribution is -2.40. The van der Waals surface area contributed by atoms with Gasteiger partial charge in [0.1, 0.15) is 18.5 Å². The molecule has 3 rings (SSSR count). The fraction of sp³-hybridized carbons (Fsp3) is 0.750. The Morgan fingerprint density at radius 3 is 3.00 bits per heavy atom. The van der Waals surface area contributed by atoms with Crippen molar-refractivity contribution in [3.05, 3.63) is 11.6 Å². The van der Waals surface area contributed by atoms with Crippen LogP contribution in [0.1, 0.15) is 24.5 Å². The number of aliphatic hydroxyl groups excluding tert-OH is 1. The molecule has 0 aliphatic carbocycles. The molecule has 0 aromatic carbocycles. The Balaban J connectivity index is 1.69. The Labute approximate surface area is 111 Å². The maximum Gasteiger partial charge on any atom is 0.251 e. The molecule has 7 heteroatoms. The predicted molar refractivity (Wildman–Crippen MR) is 65.2 cm³/mol. The van der Waals surface area contributed by atoms with Crippen molar-refractivity contribution in [3.63, 3.8) is 0 Å². The third kappa shape index (κ3) is 2.35. The molecule has 7 nitrogen and oxygen atoms in total. The summed E-state index contributed by atoms with van der Waals surface area (Å²) in [5, 5.41) is 17.2. The van der Waals surface area contributed by atoms with E-state index in [1.54, 1.807) is 0 Å². The van der Waals surface area contributed by atoms with E-state index in [2.05, 4.69) is 10.2 Å². The van der Waals surface area contributed by atoms with Crippen LogP contribution in [0.15, 0.2) is 0 Å². The molecule has 2 aliphatic heterocycles. The summed E-state index contributed by atoms with van der Waals surface area (Å²) in [4.78, 5) is 14.1. The molecule has 0 bridgehead atoms. The fourth-order valence-corrected chi connectivity index (χ4v) is 2.70. The third-order valence-electron chi connectivity index (χ3n) is 3.76. The number of aliphatic hydroxyl groups is 1. The van der Waals surface area contributed by atoms with Gasteiger partial charge in [0.25, 0.3) is 5.91 Å². The Bertz CT molecular complexity index is 468. The summed E-state index contributed by atoms with van der Waals surface area (Å²) in [6, 6.07) is 0. The highest BCUT2D eigenvalue weighted by Crippen LogP contribution is 2.17. The van der Waals surface area contributed by atoms with Crippen LogP contribution in [0.3, 0.4) is 0 Å². The average Bonchev–Trinajstić information content (AvgIpc) is 3.04. The molecule has 1 fully saturated rings. The van der Waals surface area contributed by atoms with Crippen molar-refractivity contribution < 1.29 is 14.6 Å².